The number of halogens is 1. The number of nitrogens with zero attached hydrogens (tertiary/aromatic N) is 2. The van der Waals surface area contributed by atoms with Crippen molar-refractivity contribution in [1.82, 2.24) is 4.90 Å². The molecule has 31 heavy (non-hydrogen) atoms. The van der Waals surface area contributed by atoms with Crippen molar-refractivity contribution in [1.29, 1.82) is 0 Å². The molecule has 1 atom stereocenters. The highest BCUT2D eigenvalue weighted by Crippen LogP contribution is 2.23. The molecule has 0 bridgehead atoms. The summed E-state index contributed by atoms with van der Waals surface area (Å²) in [5.41, 5.74) is 10.6. The lowest BCUT2D eigenvalue weighted by molar-refractivity contribution is -0.136. The van der Waals surface area contributed by atoms with Crippen LogP contribution in [0.25, 0.3) is 0 Å². The number of rotatable bonds is 7. The molecule has 1 saturated heterocycles. The summed E-state index contributed by atoms with van der Waals surface area (Å²) in [5, 5.41) is 3.29. The Morgan fingerprint density at radius 2 is 1.68 bits per heavy atom. The topological polar surface area (TPSA) is 79.9 Å². The molecule has 1 unspecified atom stereocenters. The molecule has 0 radical (unpaired) electrons. The zero-order valence-corrected chi connectivity index (χ0v) is 20.7. The van der Waals surface area contributed by atoms with E-state index in [0.717, 1.165) is 24.1 Å². The second-order valence-corrected chi connectivity index (χ2v) is 7.41. The molecule has 0 spiro atoms. The number of guanidine groups is 1. The van der Waals surface area contributed by atoms with Crippen LogP contribution in [-0.4, -0.2) is 49.6 Å². The van der Waals surface area contributed by atoms with Crippen molar-refractivity contribution in [2.75, 3.05) is 38.2 Å². The van der Waals surface area contributed by atoms with E-state index < -0.39 is 0 Å². The first-order valence-corrected chi connectivity index (χ1v) is 10.7. The van der Waals surface area contributed by atoms with Crippen LogP contribution in [0.5, 0.6) is 0 Å². The largest absolute Gasteiger partial charge is 0.378 e. The van der Waals surface area contributed by atoms with Gasteiger partial charge >= 0.3 is 0 Å². The molecule has 168 valence electrons. The predicted octanol–water partition coefficient (Wildman–Crippen LogP) is 3.80. The van der Waals surface area contributed by atoms with Crippen molar-refractivity contribution in [3.8, 4) is 0 Å². The third-order valence-electron chi connectivity index (χ3n) is 5.52. The van der Waals surface area contributed by atoms with E-state index in [1.165, 1.54) is 11.1 Å². The summed E-state index contributed by atoms with van der Waals surface area (Å²) in [7, 11) is 0. The van der Waals surface area contributed by atoms with Gasteiger partial charge in [-0.15, -0.1) is 24.0 Å². The van der Waals surface area contributed by atoms with Crippen molar-refractivity contribution in [2.24, 2.45) is 10.7 Å². The number of morpholine rings is 1. The molecule has 3 rings (SSSR count). The number of para-hydroxylation sites is 1. The van der Waals surface area contributed by atoms with Crippen LogP contribution in [-0.2, 0) is 22.4 Å². The number of benzene rings is 2. The molecule has 7 heteroatoms. The van der Waals surface area contributed by atoms with Crippen molar-refractivity contribution in [3.63, 3.8) is 0 Å². The molecule has 0 saturated carbocycles. The van der Waals surface area contributed by atoms with Crippen LogP contribution < -0.4 is 11.1 Å². The number of aryl methyl sites for hydroxylation is 2. The summed E-state index contributed by atoms with van der Waals surface area (Å²) >= 11 is 0. The monoisotopic (exact) mass is 536 g/mol. The summed E-state index contributed by atoms with van der Waals surface area (Å²) in [4.78, 5) is 19.6. The zero-order valence-electron chi connectivity index (χ0n) is 18.3. The lowest BCUT2D eigenvalue weighted by atomic mass is 9.97. The Kier molecular flexibility index (Phi) is 10.3. The standard InChI is InChI=1S/C24H32N4O2.HI/c1-3-18-11-8-12-19(4-2)22(18)27-24(25)26-17-21(20-9-6-5-7-10-20)23(29)28-13-15-30-16-14-28;/h5-12,21H,3-4,13-17H2,1-2H3,(H3,25,26,27);1H. The van der Waals surface area contributed by atoms with Gasteiger partial charge in [0.05, 0.1) is 25.7 Å². The molecule has 6 nitrogen and oxygen atoms in total. The van der Waals surface area contributed by atoms with Gasteiger partial charge in [-0.25, -0.2) is 0 Å². The smallest absolute Gasteiger partial charge is 0.232 e. The maximum Gasteiger partial charge on any atom is 0.232 e. The summed E-state index contributed by atoms with van der Waals surface area (Å²) in [6, 6.07) is 16.1. The molecule has 2 aromatic carbocycles. The number of hydrogen-bond acceptors (Lipinski definition) is 3. The normalized spacial score (nSPS) is 15.2. The second kappa shape index (κ2) is 12.7. The minimum Gasteiger partial charge on any atom is -0.378 e. The fraction of sp³-hybridized carbons (Fsp3) is 0.417. The van der Waals surface area contributed by atoms with Crippen LogP contribution in [0, 0.1) is 0 Å². The second-order valence-electron chi connectivity index (χ2n) is 7.41. The number of nitrogens with one attached hydrogen (secondary N) is 1. The van der Waals surface area contributed by atoms with Gasteiger partial charge in [-0.2, -0.15) is 0 Å². The van der Waals surface area contributed by atoms with Gasteiger partial charge in [-0.3, -0.25) is 9.79 Å². The van der Waals surface area contributed by atoms with Gasteiger partial charge in [-0.05, 0) is 29.5 Å². The summed E-state index contributed by atoms with van der Waals surface area (Å²) in [5.74, 6) is 0.0438. The third kappa shape index (κ3) is 6.67. The Labute approximate surface area is 202 Å². The van der Waals surface area contributed by atoms with Crippen LogP contribution in [0.1, 0.15) is 36.5 Å². The number of carbonyl (C=O) groups is 1. The first-order chi connectivity index (χ1) is 14.6. The minimum atomic E-state index is -0.364. The van der Waals surface area contributed by atoms with E-state index in [1.807, 2.05) is 35.2 Å². The molecular weight excluding hydrogens is 503 g/mol. The highest BCUT2D eigenvalue weighted by Gasteiger charge is 2.27. The van der Waals surface area contributed by atoms with Gasteiger partial charge in [0.15, 0.2) is 5.96 Å². The van der Waals surface area contributed by atoms with Crippen molar-refractivity contribution in [3.05, 3.63) is 65.2 Å². The van der Waals surface area contributed by atoms with E-state index in [4.69, 9.17) is 10.5 Å². The Morgan fingerprint density at radius 3 is 2.26 bits per heavy atom. The first kappa shape index (κ1) is 25.1. The number of carbonyl (C=O) groups excluding carboxylic acids is 1. The summed E-state index contributed by atoms with van der Waals surface area (Å²) in [6.45, 7) is 6.93. The molecule has 1 aliphatic heterocycles. The Morgan fingerprint density at radius 1 is 1.06 bits per heavy atom. The molecule has 1 fully saturated rings. The van der Waals surface area contributed by atoms with Gasteiger partial charge in [0.1, 0.15) is 0 Å². The first-order valence-electron chi connectivity index (χ1n) is 10.7. The fourth-order valence-electron chi connectivity index (χ4n) is 3.78. The average Bonchev–Trinajstić information content (AvgIpc) is 2.80. The van der Waals surface area contributed by atoms with Gasteiger partial charge in [0.25, 0.3) is 0 Å². The third-order valence-corrected chi connectivity index (χ3v) is 5.52. The van der Waals surface area contributed by atoms with E-state index in [0.29, 0.717) is 38.8 Å². The van der Waals surface area contributed by atoms with E-state index in [2.05, 4.69) is 42.4 Å². The van der Waals surface area contributed by atoms with Crippen LogP contribution in [0.2, 0.25) is 0 Å². The number of anilines is 1. The van der Waals surface area contributed by atoms with Crippen LogP contribution in [0.4, 0.5) is 5.69 Å². The van der Waals surface area contributed by atoms with E-state index in [-0.39, 0.29) is 35.8 Å². The molecule has 1 aliphatic rings. The number of aliphatic imine (C=N–C) groups is 1. The maximum absolute atomic E-state index is 13.2. The lowest BCUT2D eigenvalue weighted by Crippen LogP contribution is -2.43. The minimum absolute atomic E-state index is 0. The van der Waals surface area contributed by atoms with E-state index >= 15 is 0 Å². The van der Waals surface area contributed by atoms with Crippen LogP contribution in [0.3, 0.4) is 0 Å². The Bertz CT molecular complexity index is 845. The quantitative estimate of drug-likeness (QED) is 0.321. The average molecular weight is 536 g/mol. The Balaban J connectivity index is 0.00000341. The lowest BCUT2D eigenvalue weighted by Gasteiger charge is -2.30. The van der Waals surface area contributed by atoms with E-state index in [9.17, 15) is 4.79 Å². The molecule has 0 aromatic heterocycles. The fourth-order valence-corrected chi connectivity index (χ4v) is 3.78. The van der Waals surface area contributed by atoms with Crippen LogP contribution in [0.15, 0.2) is 53.5 Å². The molecule has 1 heterocycles. The maximum atomic E-state index is 13.2. The molecule has 2 aromatic rings. The van der Waals surface area contributed by atoms with Crippen molar-refractivity contribution in [2.45, 2.75) is 32.6 Å². The van der Waals surface area contributed by atoms with Crippen LogP contribution >= 0.6 is 24.0 Å². The van der Waals surface area contributed by atoms with Crippen molar-refractivity contribution < 1.29 is 9.53 Å². The molecule has 3 N–H and O–H groups in total. The van der Waals surface area contributed by atoms with Gasteiger partial charge in [0, 0.05) is 18.8 Å². The summed E-state index contributed by atoms with van der Waals surface area (Å²) < 4.78 is 5.39. The number of ether oxygens (including phenoxy) is 1. The van der Waals surface area contributed by atoms with Gasteiger partial charge in [-0.1, -0.05) is 62.4 Å². The zero-order chi connectivity index (χ0) is 21.3. The summed E-state index contributed by atoms with van der Waals surface area (Å²) in [6.07, 6.45) is 1.82. The number of hydrogen-bond donors (Lipinski definition) is 2. The Hall–Kier alpha value is -2.13. The number of nitrogens with two attached hydrogens (primary N) is 1. The highest BCUT2D eigenvalue weighted by atomic mass is 127. The number of amides is 1. The van der Waals surface area contributed by atoms with Crippen molar-refractivity contribution >= 4 is 41.5 Å². The van der Waals surface area contributed by atoms with E-state index in [1.54, 1.807) is 0 Å². The predicted molar refractivity (Wildman–Crippen MR) is 137 cm³/mol. The van der Waals surface area contributed by atoms with Gasteiger partial charge in [0.2, 0.25) is 5.91 Å². The highest BCUT2D eigenvalue weighted by molar-refractivity contribution is 14.0. The molecule has 0 aliphatic carbocycles. The SMILES string of the molecule is CCc1cccc(CC)c1NC(N)=NCC(C(=O)N1CCOCC1)c1ccccc1.I. The van der Waals surface area contributed by atoms with Gasteiger partial charge < -0.3 is 20.7 Å². The molecular formula is C24H33IN4O2. The molecule has 1 amide bonds.